The molecule has 0 saturated heterocycles. The van der Waals surface area contributed by atoms with Crippen molar-refractivity contribution in [3.8, 4) is 0 Å². The minimum absolute atomic E-state index is 0.370. The minimum Gasteiger partial charge on any atom is -0.374 e. The number of hydrogen-bond acceptors (Lipinski definition) is 0. The molecule has 0 radical (unpaired) electrons. The van der Waals surface area contributed by atoms with Crippen LogP contribution in [0.1, 0.15) is 41.5 Å². The molecule has 0 aliphatic rings. The molecule has 2 nitrogen and oxygen atoms in total. The molecule has 0 spiro atoms. The van der Waals surface area contributed by atoms with Crippen molar-refractivity contribution in [1.29, 1.82) is 0 Å². The first kappa shape index (κ1) is 24.6. The Kier molecular flexibility index (Phi) is 6.44. The van der Waals surface area contributed by atoms with Crippen LogP contribution >= 0.6 is 0 Å². The zero-order valence-corrected chi connectivity index (χ0v) is 23.8. The van der Waals surface area contributed by atoms with Gasteiger partial charge in [0.1, 0.15) is 0 Å². The molecule has 4 heteroatoms. The van der Waals surface area contributed by atoms with Gasteiger partial charge in [-0.1, -0.05) is 104 Å². The van der Waals surface area contributed by atoms with Crippen LogP contribution in [0.15, 0.2) is 73.1 Å². The summed E-state index contributed by atoms with van der Waals surface area (Å²) in [6.07, 6.45) is 4.53. The summed E-state index contributed by atoms with van der Waals surface area (Å²) in [7, 11) is -2.95. The van der Waals surface area contributed by atoms with Crippen molar-refractivity contribution in [2.24, 2.45) is 0 Å². The van der Waals surface area contributed by atoms with Gasteiger partial charge in [0, 0.05) is 11.0 Å². The van der Waals surface area contributed by atoms with Crippen molar-refractivity contribution >= 4 is 38.3 Å². The zero-order chi connectivity index (χ0) is 23.9. The van der Waals surface area contributed by atoms with Gasteiger partial charge >= 0.3 is 0 Å². The molecule has 0 unspecified atom stereocenters. The largest absolute Gasteiger partial charge is 0.374 e. The van der Waals surface area contributed by atoms with Gasteiger partial charge in [-0.15, -0.1) is 0 Å². The second-order valence-electron chi connectivity index (χ2n) is 12.1. The van der Waals surface area contributed by atoms with Gasteiger partial charge in [-0.05, 0) is 57.5 Å². The van der Waals surface area contributed by atoms with E-state index in [1.165, 1.54) is 21.8 Å². The fourth-order valence-corrected chi connectivity index (χ4v) is 7.82. The monoisotopic (exact) mass is 462 g/mol. The van der Waals surface area contributed by atoms with Crippen LogP contribution in [0.25, 0.3) is 21.8 Å². The normalized spacial score (nSPS) is 13.3. The number of nitrogens with zero attached hydrogens (tertiary/aromatic N) is 2. The van der Waals surface area contributed by atoms with E-state index in [1.54, 1.807) is 0 Å². The van der Waals surface area contributed by atoms with Gasteiger partial charge in [0.05, 0.1) is 0 Å². The predicted octanol–water partition coefficient (Wildman–Crippen LogP) is 8.99. The Balaban J connectivity index is 0.000000181. The molecule has 4 aromatic rings. The van der Waals surface area contributed by atoms with Crippen molar-refractivity contribution in [2.45, 2.75) is 77.8 Å². The average Bonchev–Trinajstić information content (AvgIpc) is 3.31. The quantitative estimate of drug-likeness (QED) is 0.263. The molecule has 2 aromatic carbocycles. The Morgan fingerprint density at radius 3 is 1.12 bits per heavy atom. The van der Waals surface area contributed by atoms with Crippen LogP contribution in [0.4, 0.5) is 0 Å². The molecule has 2 heterocycles. The lowest BCUT2D eigenvalue weighted by atomic mass is 10.2. The van der Waals surface area contributed by atoms with Crippen LogP contribution < -0.4 is 0 Å². The van der Waals surface area contributed by atoms with E-state index in [1.807, 2.05) is 0 Å². The van der Waals surface area contributed by atoms with Crippen LogP contribution in [0.5, 0.6) is 0 Å². The predicted molar refractivity (Wildman–Crippen MR) is 149 cm³/mol. The highest BCUT2D eigenvalue weighted by Crippen LogP contribution is 2.39. The molecule has 0 amide bonds. The summed E-state index contributed by atoms with van der Waals surface area (Å²) in [6.45, 7) is 23.9. The van der Waals surface area contributed by atoms with Crippen molar-refractivity contribution in [1.82, 2.24) is 8.47 Å². The number of fused-ring (bicyclic) bond motifs is 2. The second-order valence-corrected chi connectivity index (χ2v) is 22.3. The molecule has 0 N–H and O–H groups in total. The molecular formula is C28H42N2Si2. The molecule has 32 heavy (non-hydrogen) atoms. The third-order valence-electron chi connectivity index (χ3n) is 8.07. The topological polar surface area (TPSA) is 9.86 Å². The lowest BCUT2D eigenvalue weighted by Gasteiger charge is -2.38. The molecule has 0 fully saturated rings. The standard InChI is InChI=1S/2C14H21NSi/c2*1-14(2,3)16(4,5)15-11-10-12-8-6-7-9-13(12)15/h2*6-11H,1-5H3. The van der Waals surface area contributed by atoms with Crippen LogP contribution in [0.3, 0.4) is 0 Å². The van der Waals surface area contributed by atoms with E-state index in [0.717, 1.165) is 0 Å². The van der Waals surface area contributed by atoms with Gasteiger partial charge < -0.3 is 8.47 Å². The van der Waals surface area contributed by atoms with Gasteiger partial charge in [0.25, 0.3) is 0 Å². The first-order valence-corrected chi connectivity index (χ1v) is 17.7. The Hall–Kier alpha value is -2.05. The summed E-state index contributed by atoms with van der Waals surface area (Å²) in [5.41, 5.74) is 2.77. The van der Waals surface area contributed by atoms with Crippen molar-refractivity contribution in [3.05, 3.63) is 73.1 Å². The van der Waals surface area contributed by atoms with E-state index >= 15 is 0 Å². The molecule has 0 atom stereocenters. The van der Waals surface area contributed by atoms with E-state index in [0.29, 0.717) is 10.1 Å². The van der Waals surface area contributed by atoms with Crippen LogP contribution in [-0.2, 0) is 0 Å². The number of rotatable bonds is 2. The highest BCUT2D eigenvalue weighted by Gasteiger charge is 2.38. The van der Waals surface area contributed by atoms with Crippen LogP contribution in [0.2, 0.25) is 36.3 Å². The summed E-state index contributed by atoms with van der Waals surface area (Å²) in [5, 5.41) is 3.45. The number of hydrogen-bond donors (Lipinski definition) is 0. The molecule has 172 valence electrons. The number of benzene rings is 2. The smallest absolute Gasteiger partial charge is 0.161 e. The van der Waals surface area contributed by atoms with Crippen LogP contribution in [0, 0.1) is 0 Å². The third-order valence-corrected chi connectivity index (χ3v) is 18.6. The molecule has 0 saturated carbocycles. The van der Waals surface area contributed by atoms with Gasteiger partial charge in [-0.3, -0.25) is 0 Å². The maximum absolute atomic E-state index is 2.53. The van der Waals surface area contributed by atoms with Gasteiger partial charge in [0.15, 0.2) is 16.5 Å². The third kappa shape index (κ3) is 4.40. The van der Waals surface area contributed by atoms with Gasteiger partial charge in [-0.25, -0.2) is 0 Å². The molecule has 0 aliphatic carbocycles. The summed E-state index contributed by atoms with van der Waals surface area (Å²) in [6, 6.07) is 21.8. The molecule has 0 aliphatic heterocycles. The first-order valence-electron chi connectivity index (χ1n) is 11.8. The zero-order valence-electron chi connectivity index (χ0n) is 21.8. The van der Waals surface area contributed by atoms with E-state index in [-0.39, 0.29) is 0 Å². The minimum atomic E-state index is -1.48. The first-order chi connectivity index (χ1) is 14.7. The molecule has 4 rings (SSSR count). The van der Waals surface area contributed by atoms with Crippen LogP contribution in [-0.4, -0.2) is 24.9 Å². The van der Waals surface area contributed by atoms with Crippen molar-refractivity contribution < 1.29 is 0 Å². The highest BCUT2D eigenvalue weighted by atomic mass is 28.3. The van der Waals surface area contributed by atoms with Crippen molar-refractivity contribution in [2.75, 3.05) is 0 Å². The van der Waals surface area contributed by atoms with Crippen molar-refractivity contribution in [3.63, 3.8) is 0 Å². The fraction of sp³-hybridized carbons (Fsp3) is 0.429. The number of para-hydroxylation sites is 2. The average molecular weight is 463 g/mol. The van der Waals surface area contributed by atoms with E-state index in [2.05, 4.69) is 149 Å². The lowest BCUT2D eigenvalue weighted by Crippen LogP contribution is -2.44. The fourth-order valence-electron chi connectivity index (χ4n) is 3.86. The Morgan fingerprint density at radius 1 is 0.500 bits per heavy atom. The summed E-state index contributed by atoms with van der Waals surface area (Å²) >= 11 is 0. The molecular weight excluding hydrogens is 420 g/mol. The SMILES string of the molecule is CC(C)(C)[Si](C)(C)n1ccc2ccccc21.CC(C)(C)[Si](C)(C)n1ccc2ccccc21. The molecule has 2 aromatic heterocycles. The Bertz CT molecular complexity index is 1100. The maximum atomic E-state index is 2.53. The second kappa shape index (κ2) is 8.38. The van der Waals surface area contributed by atoms with E-state index in [9.17, 15) is 0 Å². The Morgan fingerprint density at radius 2 is 0.812 bits per heavy atom. The highest BCUT2D eigenvalue weighted by molar-refractivity contribution is 6.79. The van der Waals surface area contributed by atoms with E-state index in [4.69, 9.17) is 0 Å². The van der Waals surface area contributed by atoms with Gasteiger partial charge in [-0.2, -0.15) is 0 Å². The Labute approximate surface area is 197 Å². The van der Waals surface area contributed by atoms with Gasteiger partial charge in [0.2, 0.25) is 0 Å². The number of aromatic nitrogens is 2. The lowest BCUT2D eigenvalue weighted by molar-refractivity contribution is 0.703. The summed E-state index contributed by atoms with van der Waals surface area (Å²) in [4.78, 5) is 0. The maximum Gasteiger partial charge on any atom is 0.161 e. The summed E-state index contributed by atoms with van der Waals surface area (Å²) < 4.78 is 5.06. The van der Waals surface area contributed by atoms with E-state index < -0.39 is 16.5 Å². The molecule has 0 bridgehead atoms. The summed E-state index contributed by atoms with van der Waals surface area (Å²) in [5.74, 6) is 0.